The molecular formula is C15H15BrN2O5. The summed E-state index contributed by atoms with van der Waals surface area (Å²) in [5.74, 6) is 0. The fourth-order valence-corrected chi connectivity index (χ4v) is 3.14. The maximum Gasteiger partial charge on any atom is 0.330 e. The highest BCUT2D eigenvalue weighted by Gasteiger charge is 2.43. The molecule has 1 saturated heterocycles. The fraction of sp³-hybridized carbons (Fsp3) is 0.333. The summed E-state index contributed by atoms with van der Waals surface area (Å²) in [4.78, 5) is 25.9. The lowest BCUT2D eigenvalue weighted by atomic mass is 10.1. The van der Waals surface area contributed by atoms with Gasteiger partial charge in [-0.1, -0.05) is 46.3 Å². The molecule has 0 unspecified atom stereocenters. The molecule has 1 fully saturated rings. The first-order valence-electron chi connectivity index (χ1n) is 7.02. The number of hydrogen-bond donors (Lipinski definition) is 3. The number of ether oxygens (including phenoxy) is 1. The molecule has 1 aliphatic heterocycles. The summed E-state index contributed by atoms with van der Waals surface area (Å²) in [5.41, 5.74) is -0.264. The quantitative estimate of drug-likeness (QED) is 0.658. The van der Waals surface area contributed by atoms with E-state index in [9.17, 15) is 19.8 Å². The first kappa shape index (κ1) is 16.1. The van der Waals surface area contributed by atoms with Gasteiger partial charge in [-0.05, 0) is 5.56 Å². The molecule has 7 nitrogen and oxygen atoms in total. The van der Waals surface area contributed by atoms with Crippen molar-refractivity contribution in [3.05, 3.63) is 57.4 Å². The summed E-state index contributed by atoms with van der Waals surface area (Å²) >= 11 is 3.25. The number of alkyl halides is 1. The lowest BCUT2D eigenvalue weighted by Crippen LogP contribution is -2.37. The number of aliphatic hydroxyl groups is 2. The molecule has 1 aromatic heterocycles. The van der Waals surface area contributed by atoms with E-state index in [2.05, 4.69) is 20.9 Å². The Morgan fingerprint density at radius 2 is 1.96 bits per heavy atom. The van der Waals surface area contributed by atoms with Crippen molar-refractivity contribution in [3.8, 4) is 11.1 Å². The van der Waals surface area contributed by atoms with Crippen LogP contribution in [0.15, 0.2) is 46.1 Å². The van der Waals surface area contributed by atoms with Crippen LogP contribution < -0.4 is 11.2 Å². The summed E-state index contributed by atoms with van der Waals surface area (Å²) in [6, 6.07) is 8.87. The Hall–Kier alpha value is -1.74. The minimum absolute atomic E-state index is 0.291. The topological polar surface area (TPSA) is 105 Å². The van der Waals surface area contributed by atoms with Gasteiger partial charge in [0.25, 0.3) is 5.56 Å². The van der Waals surface area contributed by atoms with Crippen LogP contribution in [-0.2, 0) is 4.74 Å². The molecule has 1 aliphatic rings. The van der Waals surface area contributed by atoms with Gasteiger partial charge < -0.3 is 14.9 Å². The second kappa shape index (κ2) is 6.40. The maximum absolute atomic E-state index is 12.1. The molecule has 8 heteroatoms. The van der Waals surface area contributed by atoms with Crippen molar-refractivity contribution >= 4 is 15.9 Å². The van der Waals surface area contributed by atoms with Gasteiger partial charge >= 0.3 is 5.69 Å². The normalized spacial score (nSPS) is 27.3. The molecule has 4 atom stereocenters. The van der Waals surface area contributed by atoms with Crippen molar-refractivity contribution < 1.29 is 14.9 Å². The monoisotopic (exact) mass is 382 g/mol. The largest absolute Gasteiger partial charge is 0.394 e. The van der Waals surface area contributed by atoms with Crippen LogP contribution in [0.1, 0.15) is 6.23 Å². The smallest absolute Gasteiger partial charge is 0.330 e. The van der Waals surface area contributed by atoms with Gasteiger partial charge in [0, 0.05) is 6.20 Å². The van der Waals surface area contributed by atoms with E-state index in [-0.39, 0.29) is 6.61 Å². The van der Waals surface area contributed by atoms with E-state index in [1.54, 1.807) is 24.3 Å². The van der Waals surface area contributed by atoms with Gasteiger partial charge in [0.15, 0.2) is 6.23 Å². The van der Waals surface area contributed by atoms with Crippen LogP contribution in [0, 0.1) is 0 Å². The van der Waals surface area contributed by atoms with Crippen LogP contribution in [-0.4, -0.2) is 43.4 Å². The lowest BCUT2D eigenvalue weighted by Gasteiger charge is -2.18. The molecule has 122 valence electrons. The third-order valence-electron chi connectivity index (χ3n) is 3.79. The van der Waals surface area contributed by atoms with Crippen molar-refractivity contribution in [1.29, 1.82) is 0 Å². The number of nitrogens with one attached hydrogen (secondary N) is 1. The summed E-state index contributed by atoms with van der Waals surface area (Å²) in [6.45, 7) is -0.298. The van der Waals surface area contributed by atoms with Crippen LogP contribution in [0.25, 0.3) is 11.1 Å². The average Bonchev–Trinajstić information content (AvgIpc) is 2.84. The molecule has 3 rings (SSSR count). The van der Waals surface area contributed by atoms with Gasteiger partial charge in [0.05, 0.1) is 23.1 Å². The Balaban J connectivity index is 2.08. The summed E-state index contributed by atoms with van der Waals surface area (Å²) in [6.07, 6.45) is -1.32. The molecular weight excluding hydrogens is 368 g/mol. The van der Waals surface area contributed by atoms with Gasteiger partial charge in [-0.2, -0.15) is 0 Å². The Morgan fingerprint density at radius 3 is 2.57 bits per heavy atom. The zero-order valence-corrected chi connectivity index (χ0v) is 13.5. The highest BCUT2D eigenvalue weighted by atomic mass is 79.9. The molecule has 2 aromatic rings. The van der Waals surface area contributed by atoms with E-state index in [0.717, 1.165) is 4.57 Å². The molecule has 0 bridgehead atoms. The van der Waals surface area contributed by atoms with Crippen molar-refractivity contribution in [3.63, 3.8) is 0 Å². The SMILES string of the molecule is O=c1[nH]c(=O)n([C@@H]2O[C@H](CO)[C@H](Br)[C@H]2O)cc1-c1ccccc1. The highest BCUT2D eigenvalue weighted by Crippen LogP contribution is 2.33. The zero-order valence-electron chi connectivity index (χ0n) is 11.9. The van der Waals surface area contributed by atoms with E-state index in [1.807, 2.05) is 6.07 Å². The molecule has 23 heavy (non-hydrogen) atoms. The van der Waals surface area contributed by atoms with Crippen molar-refractivity contribution in [2.24, 2.45) is 0 Å². The minimum atomic E-state index is -1.04. The number of H-pyrrole nitrogens is 1. The van der Waals surface area contributed by atoms with Gasteiger partial charge in [0.1, 0.15) is 6.10 Å². The zero-order chi connectivity index (χ0) is 16.6. The average molecular weight is 383 g/mol. The number of nitrogens with zero attached hydrogens (tertiary/aromatic N) is 1. The summed E-state index contributed by atoms with van der Waals surface area (Å²) in [5, 5.41) is 19.5. The fourth-order valence-electron chi connectivity index (χ4n) is 2.58. The molecule has 2 heterocycles. The second-order valence-electron chi connectivity index (χ2n) is 5.26. The van der Waals surface area contributed by atoms with Crippen LogP contribution in [0.5, 0.6) is 0 Å². The van der Waals surface area contributed by atoms with E-state index in [4.69, 9.17) is 4.74 Å². The van der Waals surface area contributed by atoms with Crippen LogP contribution in [0.3, 0.4) is 0 Å². The molecule has 0 saturated carbocycles. The van der Waals surface area contributed by atoms with E-state index in [1.165, 1.54) is 6.20 Å². The molecule has 0 spiro atoms. The first-order chi connectivity index (χ1) is 11.0. The molecule has 0 amide bonds. The third-order valence-corrected chi connectivity index (χ3v) is 4.93. The standard InChI is InChI=1S/C15H15BrN2O5/c16-11-10(7-19)23-14(12(11)20)18-6-9(13(21)17-15(18)22)8-4-2-1-3-5-8/h1-6,10-12,14,19-20H,7H2,(H,17,21,22)/t10-,11+,12-,14-/m1/s1. The van der Waals surface area contributed by atoms with Gasteiger partial charge in [-0.25, -0.2) is 4.79 Å². The number of aromatic amines is 1. The molecule has 1 aromatic carbocycles. The highest BCUT2D eigenvalue weighted by molar-refractivity contribution is 9.09. The number of aromatic nitrogens is 2. The number of rotatable bonds is 3. The Kier molecular flexibility index (Phi) is 4.49. The number of hydrogen-bond acceptors (Lipinski definition) is 5. The van der Waals surface area contributed by atoms with Crippen LogP contribution in [0.4, 0.5) is 0 Å². The second-order valence-corrected chi connectivity index (χ2v) is 6.32. The Labute approximate surface area is 139 Å². The lowest BCUT2D eigenvalue weighted by molar-refractivity contribution is -0.0529. The molecule has 0 aliphatic carbocycles. The Morgan fingerprint density at radius 1 is 1.26 bits per heavy atom. The van der Waals surface area contributed by atoms with Crippen LogP contribution >= 0.6 is 15.9 Å². The number of aliphatic hydroxyl groups excluding tert-OH is 2. The van der Waals surface area contributed by atoms with E-state index < -0.39 is 34.5 Å². The maximum atomic E-state index is 12.1. The first-order valence-corrected chi connectivity index (χ1v) is 7.94. The number of benzene rings is 1. The van der Waals surface area contributed by atoms with Crippen molar-refractivity contribution in [2.75, 3.05) is 6.61 Å². The third kappa shape index (κ3) is 2.90. The summed E-state index contributed by atoms with van der Waals surface area (Å²) in [7, 11) is 0. The molecule has 3 N–H and O–H groups in total. The van der Waals surface area contributed by atoms with E-state index >= 15 is 0 Å². The van der Waals surface area contributed by atoms with Gasteiger partial charge in [-0.3, -0.25) is 14.3 Å². The minimum Gasteiger partial charge on any atom is -0.394 e. The van der Waals surface area contributed by atoms with Crippen LogP contribution in [0.2, 0.25) is 0 Å². The van der Waals surface area contributed by atoms with Gasteiger partial charge in [-0.15, -0.1) is 0 Å². The predicted octanol–water partition coefficient (Wildman–Crippen LogP) is 0.218. The van der Waals surface area contributed by atoms with Gasteiger partial charge in [0.2, 0.25) is 0 Å². The van der Waals surface area contributed by atoms with Crippen molar-refractivity contribution in [1.82, 2.24) is 9.55 Å². The summed E-state index contributed by atoms with van der Waals surface area (Å²) < 4.78 is 6.66. The number of halogens is 1. The van der Waals surface area contributed by atoms with Crippen molar-refractivity contribution in [2.45, 2.75) is 23.3 Å². The van der Waals surface area contributed by atoms with E-state index in [0.29, 0.717) is 11.1 Å². The predicted molar refractivity (Wildman–Crippen MR) is 86.5 cm³/mol. The Bertz CT molecular complexity index is 804. The molecule has 0 radical (unpaired) electrons.